The van der Waals surface area contributed by atoms with Gasteiger partial charge in [-0.15, -0.1) is 0 Å². The standard InChI is InChI=1S/C18H20F3N3O3/c1-8-6-9(2)12-13(10(8)3)24-14(15(12)27-17(26)18(19,20)21)16(25)23-11-4-5-22-7-11/h6,11,22,24H,4-5,7H2,1-3H3,(H,23,25). The Morgan fingerprint density at radius 3 is 2.52 bits per heavy atom. The molecule has 1 aromatic carbocycles. The molecule has 1 unspecified atom stereocenters. The summed E-state index contributed by atoms with van der Waals surface area (Å²) in [6, 6.07) is 1.64. The number of alkyl halides is 3. The number of benzene rings is 1. The lowest BCUT2D eigenvalue weighted by molar-refractivity contribution is -0.189. The highest BCUT2D eigenvalue weighted by Gasteiger charge is 2.42. The summed E-state index contributed by atoms with van der Waals surface area (Å²) in [6.45, 7) is 6.64. The molecule has 0 radical (unpaired) electrons. The number of aromatic amines is 1. The third-order valence-corrected chi connectivity index (χ3v) is 4.80. The predicted molar refractivity (Wildman–Crippen MR) is 92.9 cm³/mol. The van der Waals surface area contributed by atoms with E-state index in [1.165, 1.54) is 0 Å². The molecule has 3 N–H and O–H groups in total. The lowest BCUT2D eigenvalue weighted by Gasteiger charge is -2.12. The molecule has 3 rings (SSSR count). The topological polar surface area (TPSA) is 83.2 Å². The first-order valence-corrected chi connectivity index (χ1v) is 8.52. The number of carbonyl (C=O) groups excluding carboxylic acids is 2. The van der Waals surface area contributed by atoms with E-state index in [4.69, 9.17) is 0 Å². The fourth-order valence-corrected chi connectivity index (χ4v) is 3.29. The summed E-state index contributed by atoms with van der Waals surface area (Å²) in [4.78, 5) is 27.0. The third-order valence-electron chi connectivity index (χ3n) is 4.80. The Kier molecular flexibility index (Phi) is 4.90. The average Bonchev–Trinajstić information content (AvgIpc) is 3.19. The van der Waals surface area contributed by atoms with Gasteiger partial charge in [0.05, 0.1) is 5.52 Å². The highest BCUT2D eigenvalue weighted by molar-refractivity contribution is 6.06. The van der Waals surface area contributed by atoms with Crippen LogP contribution in [0.25, 0.3) is 10.9 Å². The zero-order chi connectivity index (χ0) is 19.9. The van der Waals surface area contributed by atoms with Crippen molar-refractivity contribution >= 4 is 22.8 Å². The molecular formula is C18H20F3N3O3. The number of nitrogens with one attached hydrogen (secondary N) is 3. The number of hydrogen-bond acceptors (Lipinski definition) is 4. The minimum Gasteiger partial charge on any atom is -0.417 e. The zero-order valence-corrected chi connectivity index (χ0v) is 15.1. The van der Waals surface area contributed by atoms with Gasteiger partial charge in [-0.3, -0.25) is 4.79 Å². The summed E-state index contributed by atoms with van der Waals surface area (Å²) in [6.07, 6.45) is -4.46. The Bertz CT molecular complexity index is 912. The van der Waals surface area contributed by atoms with E-state index in [0.717, 1.165) is 17.7 Å². The van der Waals surface area contributed by atoms with E-state index >= 15 is 0 Å². The van der Waals surface area contributed by atoms with E-state index in [1.54, 1.807) is 19.9 Å². The van der Waals surface area contributed by atoms with E-state index in [-0.39, 0.29) is 11.7 Å². The Morgan fingerprint density at radius 1 is 1.22 bits per heavy atom. The van der Waals surface area contributed by atoms with Gasteiger partial charge in [0.1, 0.15) is 5.69 Å². The van der Waals surface area contributed by atoms with Gasteiger partial charge in [-0.05, 0) is 50.4 Å². The van der Waals surface area contributed by atoms with Crippen molar-refractivity contribution < 1.29 is 27.5 Å². The van der Waals surface area contributed by atoms with Crippen LogP contribution in [0.4, 0.5) is 13.2 Å². The maximum atomic E-state index is 12.8. The number of halogens is 3. The van der Waals surface area contributed by atoms with Crippen molar-refractivity contribution in [1.82, 2.24) is 15.6 Å². The molecular weight excluding hydrogens is 363 g/mol. The molecule has 0 bridgehead atoms. The number of aromatic nitrogens is 1. The van der Waals surface area contributed by atoms with Gasteiger partial charge in [-0.1, -0.05) is 6.07 Å². The van der Waals surface area contributed by atoms with Crippen LogP contribution >= 0.6 is 0 Å². The number of fused-ring (bicyclic) bond motifs is 1. The number of H-pyrrole nitrogens is 1. The molecule has 2 aromatic rings. The number of rotatable bonds is 3. The van der Waals surface area contributed by atoms with Crippen LogP contribution in [0.1, 0.15) is 33.6 Å². The summed E-state index contributed by atoms with van der Waals surface area (Å²) in [7, 11) is 0. The number of carbonyl (C=O) groups is 2. The summed E-state index contributed by atoms with van der Waals surface area (Å²) in [5.74, 6) is -3.37. The van der Waals surface area contributed by atoms with Gasteiger partial charge in [-0.25, -0.2) is 4.79 Å². The molecule has 1 aliphatic rings. The van der Waals surface area contributed by atoms with E-state index in [2.05, 4.69) is 20.4 Å². The van der Waals surface area contributed by atoms with Crippen LogP contribution in [0.5, 0.6) is 5.75 Å². The van der Waals surface area contributed by atoms with Crippen LogP contribution in [0.3, 0.4) is 0 Å². The SMILES string of the molecule is Cc1cc(C)c2c(OC(=O)C(F)(F)F)c(C(=O)NC3CCNC3)[nH]c2c1C. The first-order valence-electron chi connectivity index (χ1n) is 8.52. The van der Waals surface area contributed by atoms with Crippen LogP contribution in [0.15, 0.2) is 6.07 Å². The quantitative estimate of drug-likeness (QED) is 0.712. The largest absolute Gasteiger partial charge is 0.491 e. The normalized spacial score (nSPS) is 17.3. The van der Waals surface area contributed by atoms with Crippen molar-refractivity contribution in [3.05, 3.63) is 28.5 Å². The monoisotopic (exact) mass is 383 g/mol. The summed E-state index contributed by atoms with van der Waals surface area (Å²) in [5.41, 5.74) is 2.57. The third kappa shape index (κ3) is 3.64. The van der Waals surface area contributed by atoms with E-state index < -0.39 is 23.8 Å². The molecule has 1 aromatic heterocycles. The molecule has 2 heterocycles. The Morgan fingerprint density at radius 2 is 1.93 bits per heavy atom. The first kappa shape index (κ1) is 19.2. The van der Waals surface area contributed by atoms with Crippen LogP contribution < -0.4 is 15.4 Å². The maximum absolute atomic E-state index is 12.8. The molecule has 9 heteroatoms. The molecule has 0 spiro atoms. The predicted octanol–water partition coefficient (Wildman–Crippen LogP) is 2.65. The van der Waals surface area contributed by atoms with Gasteiger partial charge in [0.2, 0.25) is 0 Å². The Labute approximate surface area is 153 Å². The number of esters is 1. The van der Waals surface area contributed by atoms with E-state index in [9.17, 15) is 22.8 Å². The minimum atomic E-state index is -5.17. The highest BCUT2D eigenvalue weighted by atomic mass is 19.4. The van der Waals surface area contributed by atoms with Crippen molar-refractivity contribution in [3.8, 4) is 5.75 Å². The number of hydrogen-bond donors (Lipinski definition) is 3. The summed E-state index contributed by atoms with van der Waals surface area (Å²) in [5, 5.41) is 6.14. The smallest absolute Gasteiger partial charge is 0.417 e. The molecule has 146 valence electrons. The maximum Gasteiger partial charge on any atom is 0.491 e. The number of ether oxygens (including phenoxy) is 1. The minimum absolute atomic E-state index is 0.140. The van der Waals surface area contributed by atoms with Gasteiger partial charge >= 0.3 is 12.1 Å². The molecule has 6 nitrogen and oxygen atoms in total. The second-order valence-electron chi connectivity index (χ2n) is 6.76. The second-order valence-corrected chi connectivity index (χ2v) is 6.76. The zero-order valence-electron chi connectivity index (χ0n) is 15.1. The molecule has 0 aliphatic carbocycles. The lowest BCUT2D eigenvalue weighted by Crippen LogP contribution is -2.37. The Balaban J connectivity index is 2.11. The van der Waals surface area contributed by atoms with Crippen molar-refractivity contribution in [2.45, 2.75) is 39.4 Å². The second kappa shape index (κ2) is 6.88. The van der Waals surface area contributed by atoms with Crippen molar-refractivity contribution in [2.24, 2.45) is 0 Å². The highest BCUT2D eigenvalue weighted by Crippen LogP contribution is 2.37. The lowest BCUT2D eigenvalue weighted by atomic mass is 10.0. The van der Waals surface area contributed by atoms with E-state index in [0.29, 0.717) is 29.4 Å². The first-order chi connectivity index (χ1) is 12.6. The molecule has 1 saturated heterocycles. The molecule has 1 fully saturated rings. The van der Waals surface area contributed by atoms with Gasteiger partial charge < -0.3 is 20.4 Å². The van der Waals surface area contributed by atoms with Crippen molar-refractivity contribution in [3.63, 3.8) is 0 Å². The number of amides is 1. The van der Waals surface area contributed by atoms with Gasteiger partial charge in [-0.2, -0.15) is 13.2 Å². The van der Waals surface area contributed by atoms with Crippen molar-refractivity contribution in [2.75, 3.05) is 13.1 Å². The number of aryl methyl sites for hydroxylation is 3. The average molecular weight is 383 g/mol. The van der Waals surface area contributed by atoms with Crippen LogP contribution in [0, 0.1) is 20.8 Å². The fourth-order valence-electron chi connectivity index (χ4n) is 3.29. The fraction of sp³-hybridized carbons (Fsp3) is 0.444. The molecule has 1 amide bonds. The molecule has 27 heavy (non-hydrogen) atoms. The van der Waals surface area contributed by atoms with Gasteiger partial charge in [0.25, 0.3) is 5.91 Å². The van der Waals surface area contributed by atoms with Crippen LogP contribution in [-0.2, 0) is 4.79 Å². The van der Waals surface area contributed by atoms with Gasteiger partial charge in [0, 0.05) is 18.0 Å². The van der Waals surface area contributed by atoms with Crippen LogP contribution in [-0.4, -0.2) is 42.2 Å². The van der Waals surface area contributed by atoms with E-state index in [1.807, 2.05) is 6.92 Å². The summed E-state index contributed by atoms with van der Waals surface area (Å²) < 4.78 is 42.9. The van der Waals surface area contributed by atoms with Crippen LogP contribution in [0.2, 0.25) is 0 Å². The Hall–Kier alpha value is -2.55. The van der Waals surface area contributed by atoms with Gasteiger partial charge in [0.15, 0.2) is 5.75 Å². The molecule has 1 aliphatic heterocycles. The molecule has 0 saturated carbocycles. The summed E-state index contributed by atoms with van der Waals surface area (Å²) >= 11 is 0. The van der Waals surface area contributed by atoms with Crippen molar-refractivity contribution in [1.29, 1.82) is 0 Å². The molecule has 1 atom stereocenters.